The van der Waals surface area contributed by atoms with Crippen LogP contribution in [-0.4, -0.2) is 11.2 Å². The van der Waals surface area contributed by atoms with Crippen LogP contribution >= 0.6 is 12.2 Å². The highest BCUT2D eigenvalue weighted by Gasteiger charge is 2.31. The van der Waals surface area contributed by atoms with E-state index in [0.717, 1.165) is 11.6 Å². The molecule has 0 amide bonds. The number of nitrogens with one attached hydrogen (secondary N) is 2. The van der Waals surface area contributed by atoms with Crippen molar-refractivity contribution >= 4 is 23.0 Å². The number of benzene rings is 1. The van der Waals surface area contributed by atoms with Crippen molar-refractivity contribution in [2.24, 2.45) is 11.3 Å². The second kappa shape index (κ2) is 7.40. The summed E-state index contributed by atoms with van der Waals surface area (Å²) in [6.07, 6.45) is 6.09. The zero-order valence-corrected chi connectivity index (χ0v) is 14.6. The second-order valence-corrected chi connectivity index (χ2v) is 7.40. The third-order valence-corrected chi connectivity index (χ3v) is 5.40. The van der Waals surface area contributed by atoms with Crippen LogP contribution in [0.4, 0.5) is 10.1 Å². The Balaban J connectivity index is 1.78. The molecule has 0 radical (unpaired) electrons. The van der Waals surface area contributed by atoms with Crippen molar-refractivity contribution in [3.63, 3.8) is 0 Å². The summed E-state index contributed by atoms with van der Waals surface area (Å²) in [5.41, 5.74) is 1.26. The van der Waals surface area contributed by atoms with Crippen molar-refractivity contribution in [2.45, 2.75) is 58.9 Å². The predicted molar refractivity (Wildman–Crippen MR) is 95.6 cm³/mol. The summed E-state index contributed by atoms with van der Waals surface area (Å²) in [7, 11) is 0. The number of halogens is 1. The van der Waals surface area contributed by atoms with Gasteiger partial charge in [-0.15, -0.1) is 0 Å². The van der Waals surface area contributed by atoms with E-state index in [-0.39, 0.29) is 5.82 Å². The van der Waals surface area contributed by atoms with Crippen molar-refractivity contribution in [1.29, 1.82) is 0 Å². The van der Waals surface area contributed by atoms with Crippen LogP contribution in [0.3, 0.4) is 0 Å². The quantitative estimate of drug-likeness (QED) is 0.754. The van der Waals surface area contributed by atoms with Gasteiger partial charge in [0.25, 0.3) is 0 Å². The molecule has 0 bridgehead atoms. The molecule has 0 atom stereocenters. The Labute approximate surface area is 138 Å². The minimum Gasteiger partial charge on any atom is -0.360 e. The van der Waals surface area contributed by atoms with E-state index < -0.39 is 0 Å². The SMILES string of the molecule is CCC(C)(C)C1CCC(NC(=S)Nc2ccc(F)cc2)CC1. The van der Waals surface area contributed by atoms with Crippen LogP contribution in [0.5, 0.6) is 0 Å². The van der Waals surface area contributed by atoms with Gasteiger partial charge in [0, 0.05) is 11.7 Å². The Morgan fingerprint density at radius 1 is 1.18 bits per heavy atom. The van der Waals surface area contributed by atoms with Crippen molar-refractivity contribution in [3.8, 4) is 0 Å². The van der Waals surface area contributed by atoms with E-state index in [0.29, 0.717) is 16.6 Å². The van der Waals surface area contributed by atoms with Crippen LogP contribution in [0.2, 0.25) is 0 Å². The van der Waals surface area contributed by atoms with Gasteiger partial charge >= 0.3 is 0 Å². The predicted octanol–water partition coefficient (Wildman–Crippen LogP) is 5.11. The number of hydrogen-bond acceptors (Lipinski definition) is 1. The number of anilines is 1. The van der Waals surface area contributed by atoms with Crippen molar-refractivity contribution < 1.29 is 4.39 Å². The fourth-order valence-electron chi connectivity index (χ4n) is 3.19. The van der Waals surface area contributed by atoms with Gasteiger partial charge in [0.15, 0.2) is 5.11 Å². The highest BCUT2D eigenvalue weighted by molar-refractivity contribution is 7.80. The van der Waals surface area contributed by atoms with Gasteiger partial charge in [0.1, 0.15) is 5.82 Å². The molecule has 0 saturated heterocycles. The lowest BCUT2D eigenvalue weighted by Gasteiger charge is -2.39. The molecule has 2 N–H and O–H groups in total. The van der Waals surface area contributed by atoms with Crippen LogP contribution in [-0.2, 0) is 0 Å². The van der Waals surface area contributed by atoms with Gasteiger partial charge in [-0.05, 0) is 73.5 Å². The van der Waals surface area contributed by atoms with Crippen LogP contribution in [0, 0.1) is 17.2 Å². The van der Waals surface area contributed by atoms with Crippen LogP contribution in [0.1, 0.15) is 52.9 Å². The van der Waals surface area contributed by atoms with E-state index in [1.165, 1.54) is 44.2 Å². The van der Waals surface area contributed by atoms with Crippen molar-refractivity contribution in [2.75, 3.05) is 5.32 Å². The number of thiocarbonyl (C=S) groups is 1. The van der Waals surface area contributed by atoms with E-state index in [2.05, 4.69) is 31.4 Å². The molecule has 22 heavy (non-hydrogen) atoms. The summed E-state index contributed by atoms with van der Waals surface area (Å²) in [5, 5.41) is 7.15. The maximum atomic E-state index is 12.9. The molecule has 1 aliphatic carbocycles. The molecule has 1 saturated carbocycles. The molecule has 0 aromatic heterocycles. The maximum Gasteiger partial charge on any atom is 0.170 e. The molecular weight excluding hydrogens is 295 g/mol. The summed E-state index contributed by atoms with van der Waals surface area (Å²) in [6.45, 7) is 7.05. The van der Waals surface area contributed by atoms with Crippen LogP contribution in [0.15, 0.2) is 24.3 Å². The third-order valence-electron chi connectivity index (χ3n) is 5.18. The first kappa shape index (κ1) is 17.2. The van der Waals surface area contributed by atoms with Gasteiger partial charge < -0.3 is 10.6 Å². The molecule has 2 nitrogen and oxygen atoms in total. The highest BCUT2D eigenvalue weighted by Crippen LogP contribution is 2.40. The van der Waals surface area contributed by atoms with Crippen molar-refractivity contribution in [3.05, 3.63) is 30.1 Å². The largest absolute Gasteiger partial charge is 0.360 e. The maximum absolute atomic E-state index is 12.9. The zero-order chi connectivity index (χ0) is 16.2. The monoisotopic (exact) mass is 322 g/mol. The van der Waals surface area contributed by atoms with Gasteiger partial charge in [-0.2, -0.15) is 0 Å². The molecular formula is C18H27FN2S. The molecule has 1 aromatic rings. The van der Waals surface area contributed by atoms with Crippen LogP contribution in [0.25, 0.3) is 0 Å². The van der Waals surface area contributed by atoms with E-state index in [9.17, 15) is 4.39 Å². The zero-order valence-electron chi connectivity index (χ0n) is 13.8. The molecule has 0 heterocycles. The fraction of sp³-hybridized carbons (Fsp3) is 0.611. The first-order chi connectivity index (χ1) is 10.4. The third kappa shape index (κ3) is 4.67. The van der Waals surface area contributed by atoms with E-state index in [1.807, 2.05) is 0 Å². The first-order valence-corrected chi connectivity index (χ1v) is 8.64. The Kier molecular flexibility index (Phi) is 5.79. The Morgan fingerprint density at radius 3 is 2.32 bits per heavy atom. The topological polar surface area (TPSA) is 24.1 Å². The smallest absolute Gasteiger partial charge is 0.170 e. The molecule has 0 spiro atoms. The molecule has 4 heteroatoms. The summed E-state index contributed by atoms with van der Waals surface area (Å²) in [5.74, 6) is 0.579. The minimum absolute atomic E-state index is 0.235. The number of hydrogen-bond donors (Lipinski definition) is 2. The lowest BCUT2D eigenvalue weighted by molar-refractivity contribution is 0.141. The second-order valence-electron chi connectivity index (χ2n) is 7.00. The average Bonchev–Trinajstić information content (AvgIpc) is 2.50. The van der Waals surface area contributed by atoms with Gasteiger partial charge in [-0.3, -0.25) is 0 Å². The highest BCUT2D eigenvalue weighted by atomic mass is 32.1. The summed E-state index contributed by atoms with van der Waals surface area (Å²) in [4.78, 5) is 0. The van der Waals surface area contributed by atoms with E-state index >= 15 is 0 Å². The van der Waals surface area contributed by atoms with E-state index in [4.69, 9.17) is 12.2 Å². The lowest BCUT2D eigenvalue weighted by atomic mass is 9.69. The first-order valence-electron chi connectivity index (χ1n) is 8.24. The summed E-state index contributed by atoms with van der Waals surface area (Å²) >= 11 is 5.36. The summed E-state index contributed by atoms with van der Waals surface area (Å²) < 4.78 is 12.9. The molecule has 1 fully saturated rings. The lowest BCUT2D eigenvalue weighted by Crippen LogP contribution is -2.41. The standard InChI is InChI=1S/C18H27FN2S/c1-4-18(2,3)13-5-9-15(10-6-13)20-17(22)21-16-11-7-14(19)8-12-16/h7-8,11-13,15H,4-6,9-10H2,1-3H3,(H2,20,21,22). The van der Waals surface area contributed by atoms with Gasteiger partial charge in [-0.25, -0.2) is 4.39 Å². The normalized spacial score (nSPS) is 22.2. The molecule has 0 aliphatic heterocycles. The molecule has 1 aromatic carbocycles. The van der Waals surface area contributed by atoms with Gasteiger partial charge in [-0.1, -0.05) is 27.2 Å². The Hall–Kier alpha value is -1.16. The van der Waals surface area contributed by atoms with Gasteiger partial charge in [0.2, 0.25) is 0 Å². The molecule has 122 valence electrons. The summed E-state index contributed by atoms with van der Waals surface area (Å²) in [6, 6.07) is 6.71. The number of rotatable bonds is 4. The molecule has 1 aliphatic rings. The van der Waals surface area contributed by atoms with Crippen molar-refractivity contribution in [1.82, 2.24) is 5.32 Å². The fourth-order valence-corrected chi connectivity index (χ4v) is 3.48. The van der Waals surface area contributed by atoms with Crippen LogP contribution < -0.4 is 10.6 Å². The molecule has 0 unspecified atom stereocenters. The van der Waals surface area contributed by atoms with Gasteiger partial charge in [0.05, 0.1) is 0 Å². The van der Waals surface area contributed by atoms with E-state index in [1.54, 1.807) is 12.1 Å². The average molecular weight is 322 g/mol. The Morgan fingerprint density at radius 2 is 1.77 bits per heavy atom. The Bertz CT molecular complexity index is 490. The minimum atomic E-state index is -0.235. The molecule has 2 rings (SSSR count).